The molecule has 3 N–H and O–H groups in total. The van der Waals surface area contributed by atoms with Gasteiger partial charge < -0.3 is 11.1 Å². The van der Waals surface area contributed by atoms with Gasteiger partial charge in [-0.2, -0.15) is 5.26 Å². The molecule has 0 amide bonds. The van der Waals surface area contributed by atoms with Crippen LogP contribution in [-0.4, -0.2) is 10.5 Å². The summed E-state index contributed by atoms with van der Waals surface area (Å²) in [6, 6.07) is 5.61. The Hall–Kier alpha value is -1.76. The maximum Gasteiger partial charge on any atom is 0.127 e. The summed E-state index contributed by atoms with van der Waals surface area (Å²) in [6.45, 7) is 3.57. The second-order valence-electron chi connectivity index (χ2n) is 3.34. The Morgan fingerprint density at radius 2 is 2.23 bits per heavy atom. The lowest BCUT2D eigenvalue weighted by molar-refractivity contribution is 0.723. The summed E-state index contributed by atoms with van der Waals surface area (Å²) in [5.74, 6) is 0.653. The molecule has 4 heteroatoms. The standard InChI is InChI=1S/C9H12N4/c1-9(2,6-10)13-8-4-3-7(11)5-12-8/h3-5H,11H2,1-2H3,(H,12,13). The summed E-state index contributed by atoms with van der Waals surface area (Å²) in [5, 5.41) is 11.7. The Bertz CT molecular complexity index is 320. The molecule has 0 atom stereocenters. The summed E-state index contributed by atoms with van der Waals surface area (Å²) < 4.78 is 0. The van der Waals surface area contributed by atoms with Gasteiger partial charge in [-0.05, 0) is 26.0 Å². The average Bonchev–Trinajstić information content (AvgIpc) is 2.09. The number of nitrogens with zero attached hydrogens (tertiary/aromatic N) is 2. The minimum absolute atomic E-state index is 0.608. The highest BCUT2D eigenvalue weighted by Gasteiger charge is 2.15. The molecule has 0 aliphatic carbocycles. The molecule has 0 aromatic carbocycles. The van der Waals surface area contributed by atoms with Gasteiger partial charge in [-0.1, -0.05) is 0 Å². The Morgan fingerprint density at radius 1 is 1.54 bits per heavy atom. The summed E-state index contributed by atoms with van der Waals surface area (Å²) in [5.41, 5.74) is 5.47. The van der Waals surface area contributed by atoms with Gasteiger partial charge in [0.1, 0.15) is 11.4 Å². The quantitative estimate of drug-likeness (QED) is 0.713. The van der Waals surface area contributed by atoms with E-state index in [4.69, 9.17) is 11.0 Å². The highest BCUT2D eigenvalue weighted by atomic mass is 15.0. The Kier molecular flexibility index (Phi) is 2.38. The van der Waals surface area contributed by atoms with E-state index in [1.807, 2.05) is 0 Å². The van der Waals surface area contributed by atoms with Crippen molar-refractivity contribution >= 4 is 11.5 Å². The molecule has 13 heavy (non-hydrogen) atoms. The molecule has 1 aromatic rings. The van der Waals surface area contributed by atoms with Crippen molar-refractivity contribution in [2.45, 2.75) is 19.4 Å². The fourth-order valence-electron chi connectivity index (χ4n) is 0.827. The first-order valence-corrected chi connectivity index (χ1v) is 3.94. The highest BCUT2D eigenvalue weighted by molar-refractivity contribution is 5.46. The fourth-order valence-corrected chi connectivity index (χ4v) is 0.827. The number of hydrogen-bond donors (Lipinski definition) is 2. The zero-order chi connectivity index (χ0) is 9.90. The predicted octanol–water partition coefficient (Wildman–Crippen LogP) is 1.38. The number of nitriles is 1. The van der Waals surface area contributed by atoms with E-state index in [-0.39, 0.29) is 0 Å². The summed E-state index contributed by atoms with van der Waals surface area (Å²) in [7, 11) is 0. The van der Waals surface area contributed by atoms with E-state index < -0.39 is 5.54 Å². The molecular formula is C9H12N4. The van der Waals surface area contributed by atoms with Crippen molar-refractivity contribution in [3.05, 3.63) is 18.3 Å². The van der Waals surface area contributed by atoms with Gasteiger partial charge in [-0.15, -0.1) is 0 Å². The van der Waals surface area contributed by atoms with Crippen LogP contribution in [0.1, 0.15) is 13.8 Å². The number of nitrogen functional groups attached to an aromatic ring is 1. The van der Waals surface area contributed by atoms with E-state index in [1.54, 1.807) is 32.2 Å². The Labute approximate surface area is 77.4 Å². The molecule has 0 saturated heterocycles. The van der Waals surface area contributed by atoms with Crippen molar-refractivity contribution < 1.29 is 0 Å². The molecular weight excluding hydrogens is 164 g/mol. The fraction of sp³-hybridized carbons (Fsp3) is 0.333. The number of hydrogen-bond acceptors (Lipinski definition) is 4. The van der Waals surface area contributed by atoms with Gasteiger partial charge in [-0.25, -0.2) is 4.98 Å². The van der Waals surface area contributed by atoms with E-state index in [1.165, 1.54) is 0 Å². The number of pyridine rings is 1. The molecule has 0 aliphatic rings. The van der Waals surface area contributed by atoms with Crippen LogP contribution in [-0.2, 0) is 0 Å². The molecule has 0 fully saturated rings. The van der Waals surface area contributed by atoms with Crippen LogP contribution in [0.5, 0.6) is 0 Å². The average molecular weight is 176 g/mol. The number of anilines is 2. The lowest BCUT2D eigenvalue weighted by atomic mass is 10.1. The second-order valence-corrected chi connectivity index (χ2v) is 3.34. The third-order valence-corrected chi connectivity index (χ3v) is 1.51. The maximum absolute atomic E-state index is 8.74. The summed E-state index contributed by atoms with van der Waals surface area (Å²) in [6.07, 6.45) is 1.55. The number of nitrogens with two attached hydrogens (primary N) is 1. The van der Waals surface area contributed by atoms with Crippen LogP contribution in [0.15, 0.2) is 18.3 Å². The van der Waals surface area contributed by atoms with Gasteiger partial charge in [0.15, 0.2) is 0 Å². The molecule has 0 spiro atoms. The molecule has 68 valence electrons. The van der Waals surface area contributed by atoms with Crippen molar-refractivity contribution in [1.82, 2.24) is 4.98 Å². The molecule has 0 bridgehead atoms. The Balaban J connectivity index is 2.77. The van der Waals surface area contributed by atoms with Gasteiger partial charge in [0.05, 0.1) is 18.0 Å². The second kappa shape index (κ2) is 3.31. The lowest BCUT2D eigenvalue weighted by Gasteiger charge is -2.17. The summed E-state index contributed by atoms with van der Waals surface area (Å²) >= 11 is 0. The van der Waals surface area contributed by atoms with Crippen molar-refractivity contribution in [2.24, 2.45) is 0 Å². The van der Waals surface area contributed by atoms with Crippen LogP contribution >= 0.6 is 0 Å². The molecule has 0 radical (unpaired) electrons. The molecule has 4 nitrogen and oxygen atoms in total. The molecule has 1 aromatic heterocycles. The van der Waals surface area contributed by atoms with Gasteiger partial charge in [0.25, 0.3) is 0 Å². The minimum atomic E-state index is -0.608. The highest BCUT2D eigenvalue weighted by Crippen LogP contribution is 2.12. The van der Waals surface area contributed by atoms with Crippen molar-refractivity contribution in [3.8, 4) is 6.07 Å². The first-order chi connectivity index (χ1) is 6.03. The van der Waals surface area contributed by atoms with Crippen molar-refractivity contribution in [2.75, 3.05) is 11.1 Å². The van der Waals surface area contributed by atoms with E-state index in [2.05, 4.69) is 16.4 Å². The van der Waals surface area contributed by atoms with E-state index >= 15 is 0 Å². The zero-order valence-corrected chi connectivity index (χ0v) is 7.70. The first kappa shape index (κ1) is 9.33. The molecule has 0 aliphatic heterocycles. The van der Waals surface area contributed by atoms with Crippen LogP contribution in [0.2, 0.25) is 0 Å². The Morgan fingerprint density at radius 3 is 2.69 bits per heavy atom. The molecule has 1 heterocycles. The normalized spacial score (nSPS) is 10.5. The van der Waals surface area contributed by atoms with E-state index in [0.717, 1.165) is 0 Å². The molecule has 0 saturated carbocycles. The third kappa shape index (κ3) is 2.64. The first-order valence-electron chi connectivity index (χ1n) is 3.94. The predicted molar refractivity (Wildman–Crippen MR) is 52.0 cm³/mol. The number of nitrogens with one attached hydrogen (secondary N) is 1. The third-order valence-electron chi connectivity index (χ3n) is 1.51. The van der Waals surface area contributed by atoms with Crippen LogP contribution < -0.4 is 11.1 Å². The van der Waals surface area contributed by atoms with Crippen LogP contribution in [0.3, 0.4) is 0 Å². The SMILES string of the molecule is CC(C)(C#N)Nc1ccc(N)cn1. The van der Waals surface area contributed by atoms with Crippen LogP contribution in [0, 0.1) is 11.3 Å². The van der Waals surface area contributed by atoms with Crippen molar-refractivity contribution in [3.63, 3.8) is 0 Å². The number of aromatic nitrogens is 1. The lowest BCUT2D eigenvalue weighted by Crippen LogP contribution is -2.28. The number of rotatable bonds is 2. The van der Waals surface area contributed by atoms with Gasteiger partial charge in [0.2, 0.25) is 0 Å². The molecule has 1 rings (SSSR count). The maximum atomic E-state index is 8.74. The van der Waals surface area contributed by atoms with E-state index in [0.29, 0.717) is 11.5 Å². The largest absolute Gasteiger partial charge is 0.397 e. The van der Waals surface area contributed by atoms with Crippen LogP contribution in [0.25, 0.3) is 0 Å². The summed E-state index contributed by atoms with van der Waals surface area (Å²) in [4.78, 5) is 4.02. The van der Waals surface area contributed by atoms with Gasteiger partial charge in [-0.3, -0.25) is 0 Å². The van der Waals surface area contributed by atoms with Crippen molar-refractivity contribution in [1.29, 1.82) is 5.26 Å². The monoisotopic (exact) mass is 176 g/mol. The topological polar surface area (TPSA) is 74.7 Å². The smallest absolute Gasteiger partial charge is 0.127 e. The van der Waals surface area contributed by atoms with Crippen LogP contribution in [0.4, 0.5) is 11.5 Å². The van der Waals surface area contributed by atoms with E-state index in [9.17, 15) is 0 Å². The van der Waals surface area contributed by atoms with Gasteiger partial charge in [0, 0.05) is 0 Å². The zero-order valence-electron chi connectivity index (χ0n) is 7.70. The molecule has 0 unspecified atom stereocenters. The van der Waals surface area contributed by atoms with Gasteiger partial charge >= 0.3 is 0 Å². The minimum Gasteiger partial charge on any atom is -0.397 e.